The van der Waals surface area contributed by atoms with Gasteiger partial charge in [-0.2, -0.15) is 0 Å². The lowest BCUT2D eigenvalue weighted by molar-refractivity contribution is -0.132. The van der Waals surface area contributed by atoms with Crippen LogP contribution >= 0.6 is 11.8 Å². The van der Waals surface area contributed by atoms with Crippen molar-refractivity contribution in [3.05, 3.63) is 30.5 Å². The van der Waals surface area contributed by atoms with Gasteiger partial charge in [-0.05, 0) is 25.0 Å². The molecule has 0 bridgehead atoms. The monoisotopic (exact) mass is 370 g/mol. The molecule has 0 aliphatic carbocycles. The van der Waals surface area contributed by atoms with Gasteiger partial charge in [-0.15, -0.1) is 0 Å². The molecule has 0 saturated carbocycles. The molecule has 4 rings (SSSR count). The molecule has 1 aromatic heterocycles. The molecule has 26 heavy (non-hydrogen) atoms. The van der Waals surface area contributed by atoms with E-state index < -0.39 is 0 Å². The topological polar surface area (TPSA) is 67.2 Å². The van der Waals surface area contributed by atoms with Crippen molar-refractivity contribution in [2.45, 2.75) is 31.5 Å². The fourth-order valence-electron chi connectivity index (χ4n) is 3.51. The first-order valence-electron chi connectivity index (χ1n) is 8.97. The van der Waals surface area contributed by atoms with Gasteiger partial charge in [-0.3, -0.25) is 9.59 Å². The van der Waals surface area contributed by atoms with Crippen LogP contribution in [0.1, 0.15) is 19.8 Å². The van der Waals surface area contributed by atoms with Gasteiger partial charge in [0.25, 0.3) is 0 Å². The minimum Gasteiger partial charge on any atom is -0.343 e. The fourth-order valence-corrected chi connectivity index (χ4v) is 4.45. The zero-order valence-electron chi connectivity index (χ0n) is 14.8. The molecule has 1 aromatic carbocycles. The van der Waals surface area contributed by atoms with Crippen molar-refractivity contribution in [1.29, 1.82) is 0 Å². The summed E-state index contributed by atoms with van der Waals surface area (Å²) in [5.41, 5.74) is 2.75. The van der Waals surface area contributed by atoms with Crippen LogP contribution in [0.3, 0.4) is 0 Å². The molecule has 1 N–H and O–H groups in total. The Labute approximate surface area is 157 Å². The summed E-state index contributed by atoms with van der Waals surface area (Å²) < 4.78 is 2.17. The number of benzene rings is 1. The Morgan fingerprint density at radius 1 is 1.23 bits per heavy atom. The van der Waals surface area contributed by atoms with Crippen molar-refractivity contribution in [3.8, 4) is 11.3 Å². The lowest BCUT2D eigenvalue weighted by Gasteiger charge is -2.30. The zero-order valence-corrected chi connectivity index (χ0v) is 15.6. The summed E-state index contributed by atoms with van der Waals surface area (Å²) >= 11 is 1.77. The molecule has 1 saturated heterocycles. The first-order chi connectivity index (χ1) is 12.6. The first-order valence-corrected chi connectivity index (χ1v) is 9.95. The highest BCUT2D eigenvalue weighted by Crippen LogP contribution is 2.30. The highest BCUT2D eigenvalue weighted by atomic mass is 32.2. The van der Waals surface area contributed by atoms with Crippen LogP contribution in [0.5, 0.6) is 0 Å². The Balaban J connectivity index is 1.42. The van der Waals surface area contributed by atoms with Crippen LogP contribution in [0.15, 0.2) is 35.6 Å². The number of carbonyl (C=O) groups is 2. The van der Waals surface area contributed by atoms with Gasteiger partial charge in [0, 0.05) is 55.7 Å². The second-order valence-electron chi connectivity index (χ2n) is 6.80. The number of fused-ring (bicyclic) bond motifs is 1. The predicted octanol–water partition coefficient (Wildman–Crippen LogP) is 2.85. The third-order valence-corrected chi connectivity index (χ3v) is 6.01. The molecule has 2 aliphatic rings. The van der Waals surface area contributed by atoms with Crippen molar-refractivity contribution >= 4 is 29.3 Å². The number of nitrogens with zero attached hydrogens (tertiary/aromatic N) is 3. The van der Waals surface area contributed by atoms with E-state index in [-0.39, 0.29) is 17.7 Å². The van der Waals surface area contributed by atoms with E-state index in [9.17, 15) is 9.59 Å². The highest BCUT2D eigenvalue weighted by molar-refractivity contribution is 7.99. The van der Waals surface area contributed by atoms with E-state index in [1.807, 2.05) is 24.3 Å². The molecule has 0 atom stereocenters. The van der Waals surface area contributed by atoms with Crippen LogP contribution in [-0.2, 0) is 16.1 Å². The minimum atomic E-state index is -0.0398. The van der Waals surface area contributed by atoms with Crippen LogP contribution in [0, 0.1) is 5.92 Å². The van der Waals surface area contributed by atoms with Gasteiger partial charge in [0.1, 0.15) is 0 Å². The number of piperidine rings is 1. The maximum atomic E-state index is 12.6. The minimum absolute atomic E-state index is 0.0354. The maximum Gasteiger partial charge on any atom is 0.227 e. The summed E-state index contributed by atoms with van der Waals surface area (Å²) in [5, 5.41) is 4.09. The number of hydrogen-bond donors (Lipinski definition) is 1. The number of rotatable bonds is 3. The molecule has 0 spiro atoms. The Bertz CT molecular complexity index is 818. The van der Waals surface area contributed by atoms with Crippen LogP contribution in [0.4, 0.5) is 5.69 Å². The zero-order chi connectivity index (χ0) is 18.1. The van der Waals surface area contributed by atoms with E-state index in [4.69, 9.17) is 0 Å². The molecule has 0 radical (unpaired) electrons. The van der Waals surface area contributed by atoms with Crippen LogP contribution < -0.4 is 5.32 Å². The highest BCUT2D eigenvalue weighted by Gasteiger charge is 2.26. The second kappa shape index (κ2) is 7.15. The standard InChI is InChI=1S/C19H22N4O2S/c1-13(24)22-7-5-14(6-8-22)18(25)20-16-4-2-3-15(11-16)17-12-23-9-10-26-19(23)21-17/h2-4,11-12,14H,5-10H2,1H3,(H,20,25). The smallest absolute Gasteiger partial charge is 0.227 e. The lowest BCUT2D eigenvalue weighted by atomic mass is 9.95. The Kier molecular flexibility index (Phi) is 4.72. The summed E-state index contributed by atoms with van der Waals surface area (Å²) in [4.78, 5) is 30.5. The normalized spacial score (nSPS) is 17.2. The van der Waals surface area contributed by atoms with Crippen molar-refractivity contribution in [3.63, 3.8) is 0 Å². The number of imidazole rings is 1. The third kappa shape index (κ3) is 3.49. The quantitative estimate of drug-likeness (QED) is 0.902. The summed E-state index contributed by atoms with van der Waals surface area (Å²) in [6.45, 7) is 3.90. The Morgan fingerprint density at radius 3 is 2.77 bits per heavy atom. The van der Waals surface area contributed by atoms with Gasteiger partial charge in [-0.1, -0.05) is 23.9 Å². The average molecular weight is 370 g/mol. The van der Waals surface area contributed by atoms with Gasteiger partial charge >= 0.3 is 0 Å². The van der Waals surface area contributed by atoms with E-state index in [1.54, 1.807) is 23.6 Å². The first kappa shape index (κ1) is 17.1. The van der Waals surface area contributed by atoms with Crippen LogP contribution in [-0.4, -0.2) is 45.1 Å². The molecule has 2 amide bonds. The lowest BCUT2D eigenvalue weighted by Crippen LogP contribution is -2.40. The number of anilines is 1. The predicted molar refractivity (Wildman–Crippen MR) is 102 cm³/mol. The molecule has 2 aliphatic heterocycles. The summed E-state index contributed by atoms with van der Waals surface area (Å²) in [6.07, 6.45) is 3.51. The molecule has 2 aromatic rings. The number of carbonyl (C=O) groups excluding carboxylic acids is 2. The number of nitrogens with one attached hydrogen (secondary N) is 1. The van der Waals surface area contributed by atoms with E-state index in [1.165, 1.54) is 0 Å². The van der Waals surface area contributed by atoms with E-state index >= 15 is 0 Å². The number of amides is 2. The number of hydrogen-bond acceptors (Lipinski definition) is 4. The maximum absolute atomic E-state index is 12.6. The van der Waals surface area contributed by atoms with Gasteiger partial charge in [0.05, 0.1) is 5.69 Å². The second-order valence-corrected chi connectivity index (χ2v) is 7.86. The summed E-state index contributed by atoms with van der Waals surface area (Å²) in [5.74, 6) is 1.17. The number of aromatic nitrogens is 2. The molecule has 7 heteroatoms. The van der Waals surface area contributed by atoms with Gasteiger partial charge < -0.3 is 14.8 Å². The van der Waals surface area contributed by atoms with Gasteiger partial charge in [0.15, 0.2) is 5.16 Å². The van der Waals surface area contributed by atoms with Crippen molar-refractivity contribution in [2.24, 2.45) is 5.92 Å². The van der Waals surface area contributed by atoms with E-state index in [0.29, 0.717) is 13.1 Å². The van der Waals surface area contributed by atoms with Crippen molar-refractivity contribution < 1.29 is 9.59 Å². The average Bonchev–Trinajstić information content (AvgIpc) is 3.24. The molecule has 1 fully saturated rings. The van der Waals surface area contributed by atoms with E-state index in [2.05, 4.69) is 21.1 Å². The molecule has 0 unspecified atom stereocenters. The van der Waals surface area contributed by atoms with Crippen LogP contribution in [0.2, 0.25) is 0 Å². The molecule has 6 nitrogen and oxygen atoms in total. The molecular formula is C19H22N4O2S. The molecule has 3 heterocycles. The van der Waals surface area contributed by atoms with Crippen molar-refractivity contribution in [1.82, 2.24) is 14.5 Å². The number of thioether (sulfide) groups is 1. The Hall–Kier alpha value is -2.28. The van der Waals surface area contributed by atoms with Crippen LogP contribution in [0.25, 0.3) is 11.3 Å². The van der Waals surface area contributed by atoms with E-state index in [0.717, 1.165) is 47.2 Å². The SMILES string of the molecule is CC(=O)N1CCC(C(=O)Nc2cccc(-c3cn4c(n3)SCC4)c2)CC1. The molecular weight excluding hydrogens is 348 g/mol. The number of likely N-dealkylation sites (tertiary alicyclic amines) is 1. The fraction of sp³-hybridized carbons (Fsp3) is 0.421. The third-order valence-electron chi connectivity index (χ3n) is 5.04. The summed E-state index contributed by atoms with van der Waals surface area (Å²) in [7, 11) is 0. The largest absolute Gasteiger partial charge is 0.343 e. The van der Waals surface area contributed by atoms with Crippen molar-refractivity contribution in [2.75, 3.05) is 24.2 Å². The molecule has 136 valence electrons. The Morgan fingerprint density at radius 2 is 2.04 bits per heavy atom. The van der Waals surface area contributed by atoms with Gasteiger partial charge in [-0.25, -0.2) is 4.98 Å². The number of aryl methyl sites for hydroxylation is 1. The summed E-state index contributed by atoms with van der Waals surface area (Å²) in [6, 6.07) is 7.85. The van der Waals surface area contributed by atoms with Gasteiger partial charge in [0.2, 0.25) is 11.8 Å².